The Balaban J connectivity index is 2.50. The molecule has 0 N–H and O–H groups in total. The third-order valence-corrected chi connectivity index (χ3v) is 6.85. The van der Waals surface area contributed by atoms with Gasteiger partial charge in [0.05, 0.1) is 13.1 Å². The van der Waals surface area contributed by atoms with Gasteiger partial charge in [0.2, 0.25) is 24.3 Å². The fraction of sp³-hybridized carbons (Fsp3) is 0.810. The second-order valence-electron chi connectivity index (χ2n) is 8.02. The largest absolute Gasteiger partial charge is 0.235 e. The third kappa shape index (κ3) is 4.93. The summed E-state index contributed by atoms with van der Waals surface area (Å²) in [5.74, 6) is 0.00678. The van der Waals surface area contributed by atoms with Crippen LogP contribution in [0.1, 0.15) is 70.6 Å². The smallest absolute Gasteiger partial charge is 0.211 e. The molecule has 0 aromatic rings. The zero-order chi connectivity index (χ0) is 21.0. The topological polar surface area (TPSA) is 118 Å². The van der Waals surface area contributed by atoms with Gasteiger partial charge >= 0.3 is 0 Å². The lowest BCUT2D eigenvalue weighted by atomic mass is 9.53. The first kappa shape index (κ1) is 22.8. The summed E-state index contributed by atoms with van der Waals surface area (Å²) < 4.78 is 0. The van der Waals surface area contributed by atoms with E-state index in [1.54, 1.807) is 24.3 Å². The minimum absolute atomic E-state index is 0.0273. The second kappa shape index (κ2) is 11.5. The molecule has 0 bridgehead atoms. The van der Waals surface area contributed by atoms with E-state index < -0.39 is 11.1 Å². The number of isocyanates is 4. The van der Waals surface area contributed by atoms with Gasteiger partial charge in [0.25, 0.3) is 0 Å². The van der Waals surface area contributed by atoms with Crippen molar-refractivity contribution in [2.24, 2.45) is 31.8 Å². The van der Waals surface area contributed by atoms with E-state index in [9.17, 15) is 19.2 Å². The lowest BCUT2D eigenvalue weighted by Gasteiger charge is -2.55. The molecule has 2 rings (SSSR count). The second-order valence-corrected chi connectivity index (χ2v) is 8.02. The average molecular weight is 400 g/mol. The molecule has 4 atom stereocenters. The van der Waals surface area contributed by atoms with Crippen LogP contribution < -0.4 is 0 Å². The van der Waals surface area contributed by atoms with Crippen molar-refractivity contribution in [3.8, 4) is 0 Å². The first-order chi connectivity index (χ1) is 14.2. The number of aliphatic imine (C=N–C) groups is 4. The van der Waals surface area contributed by atoms with Crippen LogP contribution in [0.25, 0.3) is 0 Å². The predicted octanol–water partition coefficient (Wildman–Crippen LogP) is 3.36. The van der Waals surface area contributed by atoms with E-state index in [0.29, 0.717) is 38.8 Å². The molecular weight excluding hydrogens is 372 g/mol. The van der Waals surface area contributed by atoms with Crippen LogP contribution in [0.5, 0.6) is 0 Å². The van der Waals surface area contributed by atoms with E-state index in [1.807, 2.05) is 0 Å². The third-order valence-electron chi connectivity index (χ3n) is 6.85. The minimum atomic E-state index is -0.845. The lowest BCUT2D eigenvalue weighted by Crippen LogP contribution is -2.62. The molecule has 0 radical (unpaired) electrons. The van der Waals surface area contributed by atoms with Gasteiger partial charge in [0.1, 0.15) is 11.1 Å². The quantitative estimate of drug-likeness (QED) is 0.317. The van der Waals surface area contributed by atoms with Crippen molar-refractivity contribution in [3.63, 3.8) is 0 Å². The van der Waals surface area contributed by atoms with Crippen molar-refractivity contribution in [2.75, 3.05) is 13.1 Å². The summed E-state index contributed by atoms with van der Waals surface area (Å²) in [6, 6.07) is 0. The van der Waals surface area contributed by atoms with Crippen LogP contribution >= 0.6 is 0 Å². The molecule has 2 fully saturated rings. The zero-order valence-electron chi connectivity index (χ0n) is 16.8. The molecule has 0 aliphatic heterocycles. The van der Waals surface area contributed by atoms with Crippen molar-refractivity contribution in [3.05, 3.63) is 0 Å². The van der Waals surface area contributed by atoms with Crippen LogP contribution in [0.2, 0.25) is 0 Å². The number of rotatable bonds is 10. The summed E-state index contributed by atoms with van der Waals surface area (Å²) in [6.07, 6.45) is 15.5. The highest BCUT2D eigenvalue weighted by atomic mass is 16.1. The van der Waals surface area contributed by atoms with Gasteiger partial charge in [-0.05, 0) is 56.8 Å². The molecule has 156 valence electrons. The minimum Gasteiger partial charge on any atom is -0.211 e. The molecule has 2 saturated carbocycles. The van der Waals surface area contributed by atoms with E-state index in [1.165, 1.54) is 0 Å². The maximum absolute atomic E-state index is 11.6. The molecule has 8 nitrogen and oxygen atoms in total. The van der Waals surface area contributed by atoms with Gasteiger partial charge < -0.3 is 0 Å². The first-order valence-corrected chi connectivity index (χ1v) is 10.5. The van der Waals surface area contributed by atoms with Gasteiger partial charge in [-0.15, -0.1) is 0 Å². The van der Waals surface area contributed by atoms with Crippen LogP contribution in [-0.4, -0.2) is 48.5 Å². The summed E-state index contributed by atoms with van der Waals surface area (Å²) >= 11 is 0. The highest BCUT2D eigenvalue weighted by Crippen LogP contribution is 2.56. The Kier molecular flexibility index (Phi) is 9.05. The van der Waals surface area contributed by atoms with E-state index in [4.69, 9.17) is 0 Å². The van der Waals surface area contributed by atoms with Crippen LogP contribution in [0.15, 0.2) is 20.0 Å². The van der Waals surface area contributed by atoms with Gasteiger partial charge in [0.15, 0.2) is 0 Å². The molecule has 0 heterocycles. The van der Waals surface area contributed by atoms with E-state index in [2.05, 4.69) is 20.0 Å². The summed E-state index contributed by atoms with van der Waals surface area (Å²) in [7, 11) is 0. The Morgan fingerprint density at radius 2 is 1.17 bits per heavy atom. The molecule has 29 heavy (non-hydrogen) atoms. The fourth-order valence-corrected chi connectivity index (χ4v) is 5.74. The van der Waals surface area contributed by atoms with Crippen LogP contribution in [0.3, 0.4) is 0 Å². The first-order valence-electron chi connectivity index (χ1n) is 10.5. The highest BCUT2D eigenvalue weighted by Gasteiger charge is 2.60. The number of hydrogen-bond donors (Lipinski definition) is 0. The van der Waals surface area contributed by atoms with E-state index in [0.717, 1.165) is 44.9 Å². The van der Waals surface area contributed by atoms with Crippen LogP contribution in [0.4, 0.5) is 0 Å². The fourth-order valence-electron chi connectivity index (χ4n) is 5.74. The van der Waals surface area contributed by atoms with Crippen molar-refractivity contribution in [2.45, 2.75) is 81.7 Å². The Labute approximate surface area is 170 Å². The summed E-state index contributed by atoms with van der Waals surface area (Å²) in [5.41, 5.74) is -1.67. The summed E-state index contributed by atoms with van der Waals surface area (Å²) in [6.45, 7) is 0.687. The highest BCUT2D eigenvalue weighted by molar-refractivity contribution is 5.41. The summed E-state index contributed by atoms with van der Waals surface area (Å²) in [5, 5.41) is 0. The van der Waals surface area contributed by atoms with Gasteiger partial charge in [-0.1, -0.05) is 25.7 Å². The Bertz CT molecular complexity index is 746. The lowest BCUT2D eigenvalue weighted by molar-refractivity contribution is 0.0186. The Morgan fingerprint density at radius 3 is 1.69 bits per heavy atom. The Hall–Kier alpha value is -2.48. The predicted molar refractivity (Wildman–Crippen MR) is 105 cm³/mol. The van der Waals surface area contributed by atoms with Gasteiger partial charge in [-0.3, -0.25) is 0 Å². The van der Waals surface area contributed by atoms with Crippen molar-refractivity contribution < 1.29 is 19.2 Å². The summed E-state index contributed by atoms with van der Waals surface area (Å²) in [4.78, 5) is 60.2. The van der Waals surface area contributed by atoms with Crippen LogP contribution in [0, 0.1) is 11.8 Å². The number of nitrogens with zero attached hydrogens (tertiary/aromatic N) is 4. The molecule has 2 aliphatic rings. The van der Waals surface area contributed by atoms with Crippen molar-refractivity contribution in [1.82, 2.24) is 0 Å². The molecular formula is C21H28N4O4. The molecule has 0 spiro atoms. The molecule has 2 aliphatic carbocycles. The monoisotopic (exact) mass is 400 g/mol. The SMILES string of the molecule is O=C=NCCCC1CCCCC1(N=C=O)C1(N=C=O)CCCCC1CCN=C=O. The van der Waals surface area contributed by atoms with Gasteiger partial charge in [-0.25, -0.2) is 29.2 Å². The molecule has 0 amide bonds. The molecule has 0 aromatic heterocycles. The van der Waals surface area contributed by atoms with E-state index in [-0.39, 0.29) is 11.8 Å². The Morgan fingerprint density at radius 1 is 0.655 bits per heavy atom. The normalized spacial score (nSPS) is 31.3. The maximum Gasteiger partial charge on any atom is 0.235 e. The number of carbonyl (C=O) groups excluding carboxylic acids is 4. The van der Waals surface area contributed by atoms with Gasteiger partial charge in [0, 0.05) is 0 Å². The molecule has 0 aromatic carbocycles. The maximum atomic E-state index is 11.6. The van der Waals surface area contributed by atoms with E-state index >= 15 is 0 Å². The molecule has 8 heteroatoms. The van der Waals surface area contributed by atoms with Crippen LogP contribution in [-0.2, 0) is 19.2 Å². The number of hydrogen-bond acceptors (Lipinski definition) is 8. The zero-order valence-corrected chi connectivity index (χ0v) is 16.8. The standard InChI is InChI=1S/C21H28N4O4/c26-14-22-12-5-8-18-6-1-3-10-20(18,24-16-28)21(25-17-29)11-4-2-7-19(21)9-13-23-15-27/h18-19H,1-13H2. The molecule has 0 saturated heterocycles. The van der Waals surface area contributed by atoms with Crippen molar-refractivity contribution in [1.29, 1.82) is 0 Å². The van der Waals surface area contributed by atoms with Gasteiger partial charge in [-0.2, -0.15) is 9.98 Å². The average Bonchev–Trinajstić information content (AvgIpc) is 2.74. The molecule has 4 unspecified atom stereocenters. The van der Waals surface area contributed by atoms with Crippen molar-refractivity contribution >= 4 is 24.3 Å².